The Morgan fingerprint density at radius 3 is 2.94 bits per heavy atom. The van der Waals surface area contributed by atoms with Crippen molar-refractivity contribution in [3.63, 3.8) is 0 Å². The zero-order valence-electron chi connectivity index (χ0n) is 10.2. The second-order valence-electron chi connectivity index (χ2n) is 4.62. The van der Waals surface area contributed by atoms with Crippen LogP contribution in [0.15, 0.2) is 4.42 Å². The van der Waals surface area contributed by atoms with Crippen LogP contribution in [0.25, 0.3) is 0 Å². The number of hydrogen-bond acceptors (Lipinski definition) is 4. The molecule has 0 aromatic carbocycles. The van der Waals surface area contributed by atoms with Gasteiger partial charge in [-0.3, -0.25) is 0 Å². The first-order valence-electron chi connectivity index (χ1n) is 6.34. The van der Waals surface area contributed by atoms with Gasteiger partial charge in [-0.25, -0.2) is 0 Å². The summed E-state index contributed by atoms with van der Waals surface area (Å²) in [5.74, 6) is 2.87. The first kappa shape index (κ1) is 11.6. The van der Waals surface area contributed by atoms with Crippen LogP contribution in [0.5, 0.6) is 0 Å². The maximum atomic E-state index is 5.68. The van der Waals surface area contributed by atoms with E-state index in [1.165, 1.54) is 12.8 Å². The van der Waals surface area contributed by atoms with Gasteiger partial charge < -0.3 is 9.73 Å². The molecule has 1 N–H and O–H groups in total. The number of nitrogens with one attached hydrogen (secondary N) is 1. The van der Waals surface area contributed by atoms with E-state index in [2.05, 4.69) is 29.4 Å². The molecule has 1 aromatic rings. The van der Waals surface area contributed by atoms with Crippen LogP contribution in [0.2, 0.25) is 0 Å². The number of hydrogen-bond donors (Lipinski definition) is 1. The minimum atomic E-state index is 0.454. The first-order chi connectivity index (χ1) is 7.81. The standard InChI is InChI=1S/C12H21N3O/c1-3-13-8-4-5-11-14-15-12(16-11)9(2)10-6-7-10/h9-10,13H,3-8H2,1-2H3. The van der Waals surface area contributed by atoms with Gasteiger partial charge in [-0.15, -0.1) is 10.2 Å². The molecule has 4 heteroatoms. The van der Waals surface area contributed by atoms with Crippen LogP contribution >= 0.6 is 0 Å². The van der Waals surface area contributed by atoms with E-state index in [0.29, 0.717) is 5.92 Å². The predicted molar refractivity (Wildman–Crippen MR) is 62.3 cm³/mol. The summed E-state index contributed by atoms with van der Waals surface area (Å²) in [7, 11) is 0. The molecular formula is C12H21N3O. The normalized spacial score (nSPS) is 17.6. The molecule has 0 amide bonds. The zero-order chi connectivity index (χ0) is 11.4. The SMILES string of the molecule is CCNCCCc1nnc(C(C)C2CC2)o1. The molecule has 2 rings (SSSR count). The lowest BCUT2D eigenvalue weighted by molar-refractivity contribution is 0.404. The van der Waals surface area contributed by atoms with E-state index in [0.717, 1.165) is 43.6 Å². The molecule has 0 bridgehead atoms. The summed E-state index contributed by atoms with van der Waals surface area (Å²) in [4.78, 5) is 0. The van der Waals surface area contributed by atoms with Crippen molar-refractivity contribution < 1.29 is 4.42 Å². The second kappa shape index (κ2) is 5.43. The fraction of sp³-hybridized carbons (Fsp3) is 0.833. The molecule has 4 nitrogen and oxygen atoms in total. The van der Waals surface area contributed by atoms with E-state index in [1.54, 1.807) is 0 Å². The Hall–Kier alpha value is -0.900. The summed E-state index contributed by atoms with van der Waals surface area (Å²) in [5, 5.41) is 11.5. The first-order valence-corrected chi connectivity index (χ1v) is 6.34. The Morgan fingerprint density at radius 1 is 1.44 bits per heavy atom. The Labute approximate surface area is 96.8 Å². The molecule has 1 aliphatic rings. The third-order valence-corrected chi connectivity index (χ3v) is 3.20. The molecule has 1 aliphatic carbocycles. The Bertz CT molecular complexity index is 320. The molecule has 1 aromatic heterocycles. The summed E-state index contributed by atoms with van der Waals surface area (Å²) in [6, 6.07) is 0. The van der Waals surface area contributed by atoms with Crippen molar-refractivity contribution in [3.8, 4) is 0 Å². The van der Waals surface area contributed by atoms with Crippen molar-refractivity contribution in [3.05, 3.63) is 11.8 Å². The van der Waals surface area contributed by atoms with Crippen molar-refractivity contribution in [2.24, 2.45) is 5.92 Å². The summed E-state index contributed by atoms with van der Waals surface area (Å²) in [5.41, 5.74) is 0. The van der Waals surface area contributed by atoms with Gasteiger partial charge in [-0.2, -0.15) is 0 Å². The molecule has 1 atom stereocenters. The highest BCUT2D eigenvalue weighted by Crippen LogP contribution is 2.41. The van der Waals surface area contributed by atoms with Crippen molar-refractivity contribution in [2.45, 2.75) is 45.4 Å². The van der Waals surface area contributed by atoms with Crippen molar-refractivity contribution in [1.29, 1.82) is 0 Å². The number of rotatable bonds is 7. The van der Waals surface area contributed by atoms with E-state index in [9.17, 15) is 0 Å². The largest absolute Gasteiger partial charge is 0.425 e. The molecule has 0 aliphatic heterocycles. The second-order valence-corrected chi connectivity index (χ2v) is 4.62. The van der Waals surface area contributed by atoms with Gasteiger partial charge in [-0.1, -0.05) is 13.8 Å². The van der Waals surface area contributed by atoms with Crippen LogP contribution < -0.4 is 5.32 Å². The monoisotopic (exact) mass is 223 g/mol. The lowest BCUT2D eigenvalue weighted by Gasteiger charge is -2.02. The topological polar surface area (TPSA) is 51.0 Å². The lowest BCUT2D eigenvalue weighted by Crippen LogP contribution is -2.14. The summed E-state index contributed by atoms with van der Waals surface area (Å²) in [6.45, 7) is 6.34. The number of aryl methyl sites for hydroxylation is 1. The molecule has 1 heterocycles. The van der Waals surface area contributed by atoms with Gasteiger partial charge in [0.25, 0.3) is 0 Å². The molecule has 1 unspecified atom stereocenters. The van der Waals surface area contributed by atoms with Crippen LogP contribution in [0.3, 0.4) is 0 Å². The molecule has 90 valence electrons. The fourth-order valence-electron chi connectivity index (χ4n) is 1.89. The quantitative estimate of drug-likeness (QED) is 0.719. The number of aromatic nitrogens is 2. The third kappa shape index (κ3) is 3.04. The van der Waals surface area contributed by atoms with Crippen LogP contribution in [0.4, 0.5) is 0 Å². The zero-order valence-corrected chi connectivity index (χ0v) is 10.2. The lowest BCUT2D eigenvalue weighted by atomic mass is 10.1. The summed E-state index contributed by atoms with van der Waals surface area (Å²) in [6.07, 6.45) is 4.59. The molecule has 0 saturated heterocycles. The van der Waals surface area contributed by atoms with E-state index >= 15 is 0 Å². The highest BCUT2D eigenvalue weighted by atomic mass is 16.4. The van der Waals surface area contributed by atoms with Gasteiger partial charge in [-0.05, 0) is 38.3 Å². The van der Waals surface area contributed by atoms with Gasteiger partial charge in [0.1, 0.15) is 0 Å². The van der Waals surface area contributed by atoms with E-state index < -0.39 is 0 Å². The summed E-state index contributed by atoms with van der Waals surface area (Å²) >= 11 is 0. The molecule has 1 fully saturated rings. The van der Waals surface area contributed by atoms with Gasteiger partial charge in [0.05, 0.1) is 0 Å². The van der Waals surface area contributed by atoms with Crippen molar-refractivity contribution in [1.82, 2.24) is 15.5 Å². The van der Waals surface area contributed by atoms with E-state index in [-0.39, 0.29) is 0 Å². The highest BCUT2D eigenvalue weighted by Gasteiger charge is 2.32. The molecule has 0 radical (unpaired) electrons. The smallest absolute Gasteiger partial charge is 0.219 e. The van der Waals surface area contributed by atoms with Gasteiger partial charge >= 0.3 is 0 Å². The van der Waals surface area contributed by atoms with Gasteiger partial charge in [0.2, 0.25) is 11.8 Å². The maximum absolute atomic E-state index is 5.68. The number of nitrogens with zero attached hydrogens (tertiary/aromatic N) is 2. The minimum absolute atomic E-state index is 0.454. The fourth-order valence-corrected chi connectivity index (χ4v) is 1.89. The Balaban J connectivity index is 1.77. The maximum Gasteiger partial charge on any atom is 0.219 e. The molecule has 16 heavy (non-hydrogen) atoms. The Morgan fingerprint density at radius 2 is 2.25 bits per heavy atom. The predicted octanol–water partition coefficient (Wildman–Crippen LogP) is 2.13. The average Bonchev–Trinajstić information content (AvgIpc) is 3.03. The highest BCUT2D eigenvalue weighted by molar-refractivity contribution is 4.97. The van der Waals surface area contributed by atoms with Crippen LogP contribution in [0, 0.1) is 5.92 Å². The summed E-state index contributed by atoms with van der Waals surface area (Å²) < 4.78 is 5.68. The van der Waals surface area contributed by atoms with Crippen molar-refractivity contribution >= 4 is 0 Å². The van der Waals surface area contributed by atoms with Crippen molar-refractivity contribution in [2.75, 3.05) is 13.1 Å². The molecule has 1 saturated carbocycles. The Kier molecular flexibility index (Phi) is 3.93. The van der Waals surface area contributed by atoms with Crippen LogP contribution in [-0.4, -0.2) is 23.3 Å². The van der Waals surface area contributed by atoms with Gasteiger partial charge in [0.15, 0.2) is 0 Å². The minimum Gasteiger partial charge on any atom is -0.425 e. The average molecular weight is 223 g/mol. The van der Waals surface area contributed by atoms with E-state index in [1.807, 2.05) is 0 Å². The third-order valence-electron chi connectivity index (χ3n) is 3.20. The molecule has 0 spiro atoms. The van der Waals surface area contributed by atoms with E-state index in [4.69, 9.17) is 4.42 Å². The van der Waals surface area contributed by atoms with Gasteiger partial charge in [0, 0.05) is 12.3 Å². The molecular weight excluding hydrogens is 202 g/mol. The van der Waals surface area contributed by atoms with Crippen LogP contribution in [0.1, 0.15) is 50.8 Å². The van der Waals surface area contributed by atoms with Crippen LogP contribution in [-0.2, 0) is 6.42 Å².